The largest absolute Gasteiger partial charge is 0.456 e. The lowest BCUT2D eigenvalue weighted by Gasteiger charge is -2.26. The number of furan rings is 1. The van der Waals surface area contributed by atoms with Crippen molar-refractivity contribution in [3.8, 4) is 16.8 Å². The van der Waals surface area contributed by atoms with E-state index in [9.17, 15) is 0 Å². The van der Waals surface area contributed by atoms with Gasteiger partial charge in [-0.3, -0.25) is 0 Å². The molecule has 0 saturated carbocycles. The van der Waals surface area contributed by atoms with Gasteiger partial charge in [0, 0.05) is 44.3 Å². The van der Waals surface area contributed by atoms with Gasteiger partial charge in [0.05, 0.1) is 11.0 Å². The monoisotopic (exact) mass is 676 g/mol. The molecule has 0 aliphatic rings. The highest BCUT2D eigenvalue weighted by molar-refractivity contribution is 6.22. The topological polar surface area (TPSA) is 21.3 Å². The molecule has 0 aliphatic carbocycles. The summed E-state index contributed by atoms with van der Waals surface area (Å²) >= 11 is 0. The third kappa shape index (κ3) is 4.75. The molecular weight excluding hydrogens is 645 g/mol. The van der Waals surface area contributed by atoms with E-state index in [0.29, 0.717) is 0 Å². The Kier molecular flexibility index (Phi) is 6.55. The fraction of sp³-hybridized carbons (Fsp3) is 0. The first-order chi connectivity index (χ1) is 26.3. The van der Waals surface area contributed by atoms with Crippen molar-refractivity contribution in [1.82, 2.24) is 4.57 Å². The van der Waals surface area contributed by atoms with E-state index in [4.69, 9.17) is 4.42 Å². The first-order valence-electron chi connectivity index (χ1n) is 18.1. The minimum absolute atomic E-state index is 0.911. The van der Waals surface area contributed by atoms with Crippen molar-refractivity contribution in [3.63, 3.8) is 0 Å². The van der Waals surface area contributed by atoms with Gasteiger partial charge in [-0.1, -0.05) is 121 Å². The summed E-state index contributed by atoms with van der Waals surface area (Å²) in [6.07, 6.45) is 0. The van der Waals surface area contributed by atoms with Gasteiger partial charge in [-0.2, -0.15) is 0 Å². The zero-order valence-corrected chi connectivity index (χ0v) is 28.8. The Morgan fingerprint density at radius 2 is 1.08 bits per heavy atom. The molecule has 0 saturated heterocycles. The second kappa shape index (κ2) is 11.7. The van der Waals surface area contributed by atoms with Crippen LogP contribution in [0, 0.1) is 0 Å². The lowest BCUT2D eigenvalue weighted by atomic mass is 10.0. The van der Waals surface area contributed by atoms with Crippen LogP contribution < -0.4 is 4.90 Å². The third-order valence-electron chi connectivity index (χ3n) is 10.7. The number of benzene rings is 9. The Morgan fingerprint density at radius 3 is 1.96 bits per heavy atom. The van der Waals surface area contributed by atoms with Crippen LogP contribution in [0.4, 0.5) is 17.1 Å². The molecule has 0 spiro atoms. The van der Waals surface area contributed by atoms with Crippen LogP contribution >= 0.6 is 0 Å². The summed E-state index contributed by atoms with van der Waals surface area (Å²) in [5.41, 5.74) is 11.0. The summed E-state index contributed by atoms with van der Waals surface area (Å²) < 4.78 is 8.68. The molecule has 11 rings (SSSR count). The summed E-state index contributed by atoms with van der Waals surface area (Å²) in [4.78, 5) is 2.37. The number of anilines is 3. The summed E-state index contributed by atoms with van der Waals surface area (Å²) in [6.45, 7) is 0. The maximum absolute atomic E-state index is 6.24. The first kappa shape index (κ1) is 29.6. The van der Waals surface area contributed by atoms with Crippen molar-refractivity contribution in [2.45, 2.75) is 0 Å². The second-order valence-corrected chi connectivity index (χ2v) is 13.8. The number of aromatic nitrogens is 1. The number of hydrogen-bond donors (Lipinski definition) is 0. The number of para-hydroxylation sites is 2. The predicted octanol–water partition coefficient (Wildman–Crippen LogP) is 14.1. The maximum Gasteiger partial charge on any atom is 0.136 e. The van der Waals surface area contributed by atoms with Crippen LogP contribution in [0.25, 0.3) is 82.1 Å². The van der Waals surface area contributed by atoms with Crippen molar-refractivity contribution in [2.24, 2.45) is 0 Å². The molecule has 9 aromatic carbocycles. The average molecular weight is 677 g/mol. The number of nitrogens with zero attached hydrogens (tertiary/aromatic N) is 2. The molecule has 3 nitrogen and oxygen atoms in total. The molecule has 0 N–H and O–H groups in total. The van der Waals surface area contributed by atoms with Gasteiger partial charge in [-0.25, -0.2) is 0 Å². The fourth-order valence-electron chi connectivity index (χ4n) is 8.27. The summed E-state index contributed by atoms with van der Waals surface area (Å²) in [5, 5.41) is 9.57. The minimum Gasteiger partial charge on any atom is -0.456 e. The summed E-state index contributed by atoms with van der Waals surface area (Å²) in [7, 11) is 0. The molecule has 2 heterocycles. The van der Waals surface area contributed by atoms with Gasteiger partial charge in [-0.15, -0.1) is 0 Å². The molecular formula is C50H32N2O. The standard InChI is InChI=1S/C50H32N2O/c1-3-12-33(13-4-1)35-15-11-18-39(28-35)52-46-27-23-34-14-7-8-19-42(34)50(46)44-26-25-41(32-47(44)52)51(38-16-5-2-6-17-38)40-24-22-36-31-49-45(30-37(36)29-40)43-20-9-10-21-48(43)53-49/h1-32H. The SMILES string of the molecule is c1ccc(-c2cccc(-n3c4cc(N(c5ccccc5)c5ccc6cc7oc8ccccc8c7cc6c5)ccc4c4c5ccccc5ccc43)c2)cc1. The number of rotatable bonds is 5. The Balaban J connectivity index is 1.16. The Bertz CT molecular complexity index is 3170. The fourth-order valence-corrected chi connectivity index (χ4v) is 8.27. The van der Waals surface area contributed by atoms with E-state index in [0.717, 1.165) is 55.6 Å². The molecule has 2 aromatic heterocycles. The third-order valence-corrected chi connectivity index (χ3v) is 10.7. The van der Waals surface area contributed by atoms with Crippen molar-refractivity contribution >= 4 is 82.4 Å². The highest BCUT2D eigenvalue weighted by atomic mass is 16.3. The summed E-state index contributed by atoms with van der Waals surface area (Å²) in [5.74, 6) is 0. The Hall–Kier alpha value is -7.10. The van der Waals surface area contributed by atoms with E-state index in [1.54, 1.807) is 0 Å². The van der Waals surface area contributed by atoms with Gasteiger partial charge < -0.3 is 13.9 Å². The molecule has 0 unspecified atom stereocenters. The van der Waals surface area contributed by atoms with Crippen molar-refractivity contribution in [1.29, 1.82) is 0 Å². The summed E-state index contributed by atoms with van der Waals surface area (Å²) in [6, 6.07) is 69.9. The van der Waals surface area contributed by atoms with Crippen LogP contribution in [0.5, 0.6) is 0 Å². The molecule has 248 valence electrons. The molecule has 3 heteroatoms. The molecule has 0 atom stereocenters. The zero-order chi connectivity index (χ0) is 34.9. The van der Waals surface area contributed by atoms with E-state index in [1.165, 1.54) is 43.6 Å². The minimum atomic E-state index is 0.911. The van der Waals surface area contributed by atoms with Crippen LogP contribution in [0.15, 0.2) is 199 Å². The zero-order valence-electron chi connectivity index (χ0n) is 28.8. The van der Waals surface area contributed by atoms with E-state index >= 15 is 0 Å². The highest BCUT2D eigenvalue weighted by Gasteiger charge is 2.20. The molecule has 53 heavy (non-hydrogen) atoms. The van der Waals surface area contributed by atoms with Crippen LogP contribution in [-0.4, -0.2) is 4.57 Å². The lowest BCUT2D eigenvalue weighted by Crippen LogP contribution is -2.10. The normalized spacial score (nSPS) is 11.8. The predicted molar refractivity (Wildman–Crippen MR) is 223 cm³/mol. The number of hydrogen-bond acceptors (Lipinski definition) is 2. The Morgan fingerprint density at radius 1 is 0.358 bits per heavy atom. The van der Waals surface area contributed by atoms with Gasteiger partial charge >= 0.3 is 0 Å². The van der Waals surface area contributed by atoms with Gasteiger partial charge in [0.2, 0.25) is 0 Å². The molecule has 0 radical (unpaired) electrons. The van der Waals surface area contributed by atoms with Gasteiger partial charge in [0.15, 0.2) is 0 Å². The van der Waals surface area contributed by atoms with Gasteiger partial charge in [0.25, 0.3) is 0 Å². The molecule has 0 aliphatic heterocycles. The van der Waals surface area contributed by atoms with Crippen molar-refractivity contribution in [3.05, 3.63) is 194 Å². The molecule has 11 aromatic rings. The van der Waals surface area contributed by atoms with E-state index in [2.05, 4.69) is 191 Å². The molecule has 0 amide bonds. The van der Waals surface area contributed by atoms with Crippen LogP contribution in [-0.2, 0) is 0 Å². The van der Waals surface area contributed by atoms with E-state index < -0.39 is 0 Å². The smallest absolute Gasteiger partial charge is 0.136 e. The van der Waals surface area contributed by atoms with Crippen molar-refractivity contribution in [2.75, 3.05) is 4.90 Å². The maximum atomic E-state index is 6.24. The van der Waals surface area contributed by atoms with Crippen LogP contribution in [0.3, 0.4) is 0 Å². The molecule has 0 bridgehead atoms. The second-order valence-electron chi connectivity index (χ2n) is 13.8. The number of fused-ring (bicyclic) bond motifs is 9. The highest BCUT2D eigenvalue weighted by Crippen LogP contribution is 2.43. The van der Waals surface area contributed by atoms with E-state index in [1.807, 2.05) is 12.1 Å². The quantitative estimate of drug-likeness (QED) is 0.181. The van der Waals surface area contributed by atoms with Crippen LogP contribution in [0.1, 0.15) is 0 Å². The van der Waals surface area contributed by atoms with E-state index in [-0.39, 0.29) is 0 Å². The average Bonchev–Trinajstić information content (AvgIpc) is 3.76. The van der Waals surface area contributed by atoms with Gasteiger partial charge in [-0.05, 0) is 105 Å². The van der Waals surface area contributed by atoms with Crippen molar-refractivity contribution < 1.29 is 4.42 Å². The first-order valence-corrected chi connectivity index (χ1v) is 18.1. The van der Waals surface area contributed by atoms with Gasteiger partial charge in [0.1, 0.15) is 11.2 Å². The van der Waals surface area contributed by atoms with Crippen LogP contribution in [0.2, 0.25) is 0 Å². The lowest BCUT2D eigenvalue weighted by molar-refractivity contribution is 0.669. The molecule has 0 fully saturated rings. The Labute approximate surface area is 306 Å².